The molecule has 58 valence electrons. The molecule has 0 aromatic rings. The van der Waals surface area contributed by atoms with Crippen LogP contribution in [0.1, 0.15) is 19.8 Å². The first-order valence-corrected chi connectivity index (χ1v) is 4.68. The Kier molecular flexibility index (Phi) is 3.22. The van der Waals surface area contributed by atoms with E-state index in [1.807, 2.05) is 0 Å². The molecular formula is C7H13NOS. The van der Waals surface area contributed by atoms with Crippen LogP contribution in [0.25, 0.3) is 0 Å². The summed E-state index contributed by atoms with van der Waals surface area (Å²) in [5.74, 6) is 1.05. The van der Waals surface area contributed by atoms with Gasteiger partial charge in [-0.2, -0.15) is 0 Å². The first-order chi connectivity index (χ1) is 4.84. The van der Waals surface area contributed by atoms with Gasteiger partial charge in [0.1, 0.15) is 6.10 Å². The highest BCUT2D eigenvalue weighted by Crippen LogP contribution is 2.16. The molecular weight excluding hydrogens is 146 g/mol. The molecule has 2 nitrogen and oxygen atoms in total. The van der Waals surface area contributed by atoms with Gasteiger partial charge in [0.15, 0.2) is 0 Å². The minimum Gasteiger partial charge on any atom is -0.386 e. The summed E-state index contributed by atoms with van der Waals surface area (Å²) >= 11 is 1.69. The van der Waals surface area contributed by atoms with Crippen molar-refractivity contribution in [3.63, 3.8) is 0 Å². The van der Waals surface area contributed by atoms with Gasteiger partial charge in [0, 0.05) is 12.3 Å². The van der Waals surface area contributed by atoms with E-state index >= 15 is 0 Å². The molecule has 1 heterocycles. The van der Waals surface area contributed by atoms with Gasteiger partial charge in [-0.3, -0.25) is 4.99 Å². The Balaban J connectivity index is 2.32. The van der Waals surface area contributed by atoms with Crippen LogP contribution in [0, 0.1) is 0 Å². The van der Waals surface area contributed by atoms with Gasteiger partial charge in [-0.15, -0.1) is 11.8 Å². The molecule has 1 N–H and O–H groups in total. The number of aliphatic hydroxyl groups excluding tert-OH is 1. The van der Waals surface area contributed by atoms with Gasteiger partial charge in [0.2, 0.25) is 0 Å². The summed E-state index contributed by atoms with van der Waals surface area (Å²) in [5, 5.41) is 10.3. The van der Waals surface area contributed by atoms with E-state index in [1.165, 1.54) is 0 Å². The van der Waals surface area contributed by atoms with E-state index in [-0.39, 0.29) is 6.10 Å². The fraction of sp³-hybridized carbons (Fsp3) is 0.857. The highest BCUT2D eigenvalue weighted by molar-refractivity contribution is 8.14. The summed E-state index contributed by atoms with van der Waals surface area (Å²) < 4.78 is 0. The van der Waals surface area contributed by atoms with Crippen LogP contribution in [0.15, 0.2) is 4.99 Å². The van der Waals surface area contributed by atoms with Crippen LogP contribution in [0.4, 0.5) is 0 Å². The molecule has 1 unspecified atom stereocenters. The third-order valence-corrected chi connectivity index (χ3v) is 2.54. The van der Waals surface area contributed by atoms with Crippen molar-refractivity contribution < 1.29 is 5.11 Å². The lowest BCUT2D eigenvalue weighted by molar-refractivity contribution is 0.233. The molecule has 0 amide bonds. The van der Waals surface area contributed by atoms with Gasteiger partial charge < -0.3 is 5.11 Å². The van der Waals surface area contributed by atoms with Crippen molar-refractivity contribution in [2.75, 3.05) is 12.3 Å². The van der Waals surface area contributed by atoms with Gasteiger partial charge in [-0.25, -0.2) is 0 Å². The average molecular weight is 159 g/mol. The van der Waals surface area contributed by atoms with Crippen LogP contribution < -0.4 is 0 Å². The molecule has 1 aliphatic heterocycles. The van der Waals surface area contributed by atoms with E-state index in [1.54, 1.807) is 11.8 Å². The lowest BCUT2D eigenvalue weighted by Crippen LogP contribution is -2.14. The molecule has 0 aliphatic carbocycles. The van der Waals surface area contributed by atoms with Crippen molar-refractivity contribution in [2.45, 2.75) is 25.9 Å². The number of nitrogens with zero attached hydrogens (tertiary/aromatic N) is 1. The smallest absolute Gasteiger partial charge is 0.102 e. The number of hydrogen-bond acceptors (Lipinski definition) is 3. The van der Waals surface area contributed by atoms with E-state index in [2.05, 4.69) is 11.9 Å². The summed E-state index contributed by atoms with van der Waals surface area (Å²) in [4.78, 5) is 4.18. The molecule has 3 heteroatoms. The molecule has 0 aromatic heterocycles. The molecule has 0 fully saturated rings. The van der Waals surface area contributed by atoms with E-state index in [0.717, 1.165) is 30.2 Å². The minimum atomic E-state index is -0.280. The van der Waals surface area contributed by atoms with Gasteiger partial charge in [0.05, 0.1) is 5.04 Å². The molecule has 0 saturated carbocycles. The van der Waals surface area contributed by atoms with Crippen LogP contribution in [-0.2, 0) is 0 Å². The Morgan fingerprint density at radius 2 is 2.60 bits per heavy atom. The number of aliphatic imine (C=N–C) groups is 1. The molecule has 0 radical (unpaired) electrons. The fourth-order valence-electron chi connectivity index (χ4n) is 0.950. The molecule has 0 spiro atoms. The second-order valence-electron chi connectivity index (χ2n) is 2.37. The van der Waals surface area contributed by atoms with Crippen molar-refractivity contribution in [1.29, 1.82) is 0 Å². The molecule has 10 heavy (non-hydrogen) atoms. The fourth-order valence-corrected chi connectivity index (χ4v) is 1.83. The maximum atomic E-state index is 9.40. The third-order valence-electron chi connectivity index (χ3n) is 1.46. The predicted octanol–water partition coefficient (Wildman–Crippen LogP) is 1.29. The standard InChI is InChI=1S/C7H13NOS/c1-2-3-6(9)7-8-4-5-10-7/h6,9H,2-5H2,1H3. The summed E-state index contributed by atoms with van der Waals surface area (Å²) in [6.07, 6.45) is 1.60. The Morgan fingerprint density at radius 1 is 1.80 bits per heavy atom. The molecule has 1 aliphatic rings. The van der Waals surface area contributed by atoms with Crippen LogP contribution in [0.5, 0.6) is 0 Å². The normalized spacial score (nSPS) is 20.8. The maximum Gasteiger partial charge on any atom is 0.102 e. The van der Waals surface area contributed by atoms with E-state index in [9.17, 15) is 5.11 Å². The number of hydrogen-bond donors (Lipinski definition) is 1. The van der Waals surface area contributed by atoms with Crippen molar-refractivity contribution in [1.82, 2.24) is 0 Å². The Hall–Kier alpha value is -0.0200. The predicted molar refractivity (Wildman–Crippen MR) is 45.7 cm³/mol. The first kappa shape index (κ1) is 8.08. The first-order valence-electron chi connectivity index (χ1n) is 3.69. The van der Waals surface area contributed by atoms with Gasteiger partial charge >= 0.3 is 0 Å². The zero-order valence-corrected chi connectivity index (χ0v) is 7.02. The van der Waals surface area contributed by atoms with Gasteiger partial charge in [-0.05, 0) is 6.42 Å². The third kappa shape index (κ3) is 1.99. The highest BCUT2D eigenvalue weighted by atomic mass is 32.2. The average Bonchev–Trinajstić information content (AvgIpc) is 2.38. The lowest BCUT2D eigenvalue weighted by Gasteiger charge is -2.06. The van der Waals surface area contributed by atoms with Crippen molar-refractivity contribution >= 4 is 16.8 Å². The highest BCUT2D eigenvalue weighted by Gasteiger charge is 2.15. The van der Waals surface area contributed by atoms with Crippen LogP contribution >= 0.6 is 11.8 Å². The second-order valence-corrected chi connectivity index (χ2v) is 3.49. The van der Waals surface area contributed by atoms with E-state index in [0.29, 0.717) is 0 Å². The SMILES string of the molecule is CCCC(O)C1=NCCS1. The van der Waals surface area contributed by atoms with Crippen LogP contribution in [0.3, 0.4) is 0 Å². The molecule has 1 rings (SSSR count). The zero-order chi connectivity index (χ0) is 7.40. The summed E-state index contributed by atoms with van der Waals surface area (Å²) in [5.41, 5.74) is 0. The summed E-state index contributed by atoms with van der Waals surface area (Å²) in [6, 6.07) is 0. The van der Waals surface area contributed by atoms with Crippen molar-refractivity contribution in [3.8, 4) is 0 Å². The topological polar surface area (TPSA) is 32.6 Å². The second kappa shape index (κ2) is 3.98. The minimum absolute atomic E-state index is 0.280. The molecule has 0 saturated heterocycles. The Labute approximate surface area is 65.7 Å². The van der Waals surface area contributed by atoms with Crippen LogP contribution in [0.2, 0.25) is 0 Å². The Bertz CT molecular complexity index is 136. The van der Waals surface area contributed by atoms with Gasteiger partial charge in [-0.1, -0.05) is 13.3 Å². The van der Waals surface area contributed by atoms with Crippen molar-refractivity contribution in [2.24, 2.45) is 4.99 Å². The van der Waals surface area contributed by atoms with E-state index < -0.39 is 0 Å². The Morgan fingerprint density at radius 3 is 3.10 bits per heavy atom. The van der Waals surface area contributed by atoms with Crippen LogP contribution in [-0.4, -0.2) is 28.6 Å². The molecule has 1 atom stereocenters. The molecule has 0 bridgehead atoms. The van der Waals surface area contributed by atoms with Crippen molar-refractivity contribution in [3.05, 3.63) is 0 Å². The monoisotopic (exact) mass is 159 g/mol. The lowest BCUT2D eigenvalue weighted by atomic mass is 10.2. The maximum absolute atomic E-state index is 9.40. The zero-order valence-electron chi connectivity index (χ0n) is 6.21. The number of thioether (sulfide) groups is 1. The summed E-state index contributed by atoms with van der Waals surface area (Å²) in [7, 11) is 0. The molecule has 0 aromatic carbocycles. The summed E-state index contributed by atoms with van der Waals surface area (Å²) in [6.45, 7) is 2.96. The number of aliphatic hydroxyl groups is 1. The van der Waals surface area contributed by atoms with E-state index in [4.69, 9.17) is 0 Å². The quantitative estimate of drug-likeness (QED) is 0.673. The number of rotatable bonds is 3. The largest absolute Gasteiger partial charge is 0.386 e. The van der Waals surface area contributed by atoms with Gasteiger partial charge in [0.25, 0.3) is 0 Å².